The lowest BCUT2D eigenvalue weighted by Crippen LogP contribution is -2.26. The van der Waals surface area contributed by atoms with Crippen molar-refractivity contribution >= 4 is 23.3 Å². The van der Waals surface area contributed by atoms with Gasteiger partial charge in [-0.15, -0.1) is 0 Å². The fourth-order valence-electron chi connectivity index (χ4n) is 5.14. The minimum absolute atomic E-state index is 0.0497. The van der Waals surface area contributed by atoms with Crippen LogP contribution in [0.15, 0.2) is 42.7 Å². The summed E-state index contributed by atoms with van der Waals surface area (Å²) in [5.74, 6) is 1.43. The number of carbonyl (C=O) groups is 1. The SMILES string of the molecule is C/C=C(\C=N)c1cc(C(=O)NC2CC2)c(F)cc1C.CC.CCC1CC(c2ccc3ncc([C@H](C)CC)n3c2)C1. The number of aryl methyl sites for hydroxylation is 1. The monoisotopic (exact) mass is 546 g/mol. The van der Waals surface area contributed by atoms with Gasteiger partial charge < -0.3 is 15.1 Å². The molecule has 2 heterocycles. The van der Waals surface area contributed by atoms with E-state index in [-0.39, 0.29) is 17.5 Å². The Kier molecular flexibility index (Phi) is 11.2. The van der Waals surface area contributed by atoms with Crippen molar-refractivity contribution in [3.8, 4) is 0 Å². The van der Waals surface area contributed by atoms with Gasteiger partial charge in [0.2, 0.25) is 0 Å². The molecule has 5 nitrogen and oxygen atoms in total. The first kappa shape index (κ1) is 31.3. The van der Waals surface area contributed by atoms with Crippen LogP contribution in [0, 0.1) is 24.1 Å². The van der Waals surface area contributed by atoms with Gasteiger partial charge in [0.25, 0.3) is 5.91 Å². The second-order valence-electron chi connectivity index (χ2n) is 10.9. The molecular weight excluding hydrogens is 499 g/mol. The van der Waals surface area contributed by atoms with Gasteiger partial charge in [-0.05, 0) is 104 Å². The first-order valence-corrected chi connectivity index (χ1v) is 15.0. The van der Waals surface area contributed by atoms with E-state index in [1.165, 1.54) is 55.3 Å². The van der Waals surface area contributed by atoms with Crippen LogP contribution in [0.4, 0.5) is 4.39 Å². The van der Waals surface area contributed by atoms with Crippen LogP contribution in [0.5, 0.6) is 0 Å². The van der Waals surface area contributed by atoms with Gasteiger partial charge in [0, 0.05) is 30.3 Å². The Bertz CT molecular complexity index is 1330. The molecule has 6 heteroatoms. The highest BCUT2D eigenvalue weighted by Crippen LogP contribution is 2.43. The molecule has 0 saturated heterocycles. The molecule has 5 rings (SSSR count). The Morgan fingerprint density at radius 1 is 1.20 bits per heavy atom. The van der Waals surface area contributed by atoms with E-state index >= 15 is 0 Å². The summed E-state index contributed by atoms with van der Waals surface area (Å²) in [5.41, 5.74) is 6.11. The standard InChI is InChI=1S/C17H24N2.C15H17FN2O.C2H6/c1-4-12(3)16-10-18-17-7-6-14(11-19(16)17)15-8-13(5-2)9-15;1-3-10(8-17)12-7-13(14(16)6-9(12)2)15(19)18-11-4-5-11;1-2/h6-7,10-13,15H,4-5,8-9H2,1-3H3;3,6-8,11,17H,4-5H2,1-2H3,(H,18,19);1-2H3/b;10-3+,17-8?;/t12-,13?,15?;;/m1../s1. The van der Waals surface area contributed by atoms with Crippen molar-refractivity contribution in [1.82, 2.24) is 14.7 Å². The lowest BCUT2D eigenvalue weighted by molar-refractivity contribution is 0.0947. The number of halogens is 1. The number of aromatic nitrogens is 2. The van der Waals surface area contributed by atoms with Crippen LogP contribution in [-0.2, 0) is 0 Å². The quantitative estimate of drug-likeness (QED) is 0.277. The van der Waals surface area contributed by atoms with Crippen LogP contribution in [0.3, 0.4) is 0 Å². The van der Waals surface area contributed by atoms with Gasteiger partial charge in [0.05, 0.1) is 5.56 Å². The van der Waals surface area contributed by atoms with Gasteiger partial charge in [-0.25, -0.2) is 9.37 Å². The van der Waals surface area contributed by atoms with Crippen LogP contribution in [0.2, 0.25) is 0 Å². The van der Waals surface area contributed by atoms with Crippen molar-refractivity contribution in [3.63, 3.8) is 0 Å². The van der Waals surface area contributed by atoms with Crippen molar-refractivity contribution in [2.45, 2.75) is 105 Å². The van der Waals surface area contributed by atoms with E-state index in [1.54, 1.807) is 13.0 Å². The van der Waals surface area contributed by atoms with Gasteiger partial charge in [-0.3, -0.25) is 4.79 Å². The van der Waals surface area contributed by atoms with Crippen LogP contribution < -0.4 is 5.32 Å². The fraction of sp³-hybridized carbons (Fsp3) is 0.500. The molecule has 2 aromatic heterocycles. The molecule has 2 N–H and O–H groups in total. The van der Waals surface area contributed by atoms with Crippen molar-refractivity contribution in [2.75, 3.05) is 0 Å². The van der Waals surface area contributed by atoms with E-state index in [0.29, 0.717) is 11.5 Å². The van der Waals surface area contributed by atoms with Gasteiger partial charge in [0.1, 0.15) is 11.5 Å². The lowest BCUT2D eigenvalue weighted by Gasteiger charge is -2.35. The molecule has 3 aromatic rings. The molecular formula is C34H47FN4O. The number of nitrogens with one attached hydrogen (secondary N) is 2. The van der Waals surface area contributed by atoms with Gasteiger partial charge >= 0.3 is 0 Å². The summed E-state index contributed by atoms with van der Waals surface area (Å²) in [5, 5.41) is 10.1. The Balaban J connectivity index is 0.000000208. The molecule has 2 aliphatic carbocycles. The molecule has 2 aliphatic rings. The second kappa shape index (κ2) is 14.4. The largest absolute Gasteiger partial charge is 0.349 e. The number of allylic oxidation sites excluding steroid dienone is 2. The van der Waals surface area contributed by atoms with E-state index in [4.69, 9.17) is 5.41 Å². The predicted molar refractivity (Wildman–Crippen MR) is 165 cm³/mol. The number of rotatable bonds is 8. The molecule has 2 fully saturated rings. The molecule has 0 unspecified atom stereocenters. The topological polar surface area (TPSA) is 70.2 Å². The maximum Gasteiger partial charge on any atom is 0.254 e. The zero-order valence-electron chi connectivity index (χ0n) is 25.4. The fourth-order valence-corrected chi connectivity index (χ4v) is 5.14. The summed E-state index contributed by atoms with van der Waals surface area (Å²) >= 11 is 0. The summed E-state index contributed by atoms with van der Waals surface area (Å²) in [6, 6.07) is 7.53. The van der Waals surface area contributed by atoms with E-state index in [1.807, 2.05) is 27.0 Å². The highest BCUT2D eigenvalue weighted by atomic mass is 19.1. The predicted octanol–water partition coefficient (Wildman–Crippen LogP) is 8.86. The van der Waals surface area contributed by atoms with Gasteiger partial charge in [-0.2, -0.15) is 0 Å². The molecule has 1 aromatic carbocycles. The molecule has 216 valence electrons. The lowest BCUT2D eigenvalue weighted by atomic mass is 9.71. The van der Waals surface area contributed by atoms with Gasteiger partial charge in [0.15, 0.2) is 0 Å². The molecule has 0 aliphatic heterocycles. The normalized spacial score (nSPS) is 18.9. The molecule has 1 amide bonds. The summed E-state index contributed by atoms with van der Waals surface area (Å²) in [4.78, 5) is 16.5. The van der Waals surface area contributed by atoms with E-state index in [2.05, 4.69) is 53.8 Å². The van der Waals surface area contributed by atoms with Crippen LogP contribution in [0.25, 0.3) is 11.2 Å². The van der Waals surface area contributed by atoms with Crippen LogP contribution in [0.1, 0.15) is 125 Å². The zero-order valence-corrected chi connectivity index (χ0v) is 25.4. The minimum atomic E-state index is -0.514. The Labute approximate surface area is 239 Å². The second-order valence-corrected chi connectivity index (χ2v) is 10.9. The van der Waals surface area contributed by atoms with E-state index in [0.717, 1.165) is 41.5 Å². The van der Waals surface area contributed by atoms with Crippen LogP contribution in [-0.4, -0.2) is 27.5 Å². The summed E-state index contributed by atoms with van der Waals surface area (Å²) in [7, 11) is 0. The molecule has 0 spiro atoms. The number of amides is 1. The third-order valence-corrected chi connectivity index (χ3v) is 8.21. The molecule has 2 saturated carbocycles. The Morgan fingerprint density at radius 3 is 2.48 bits per heavy atom. The highest BCUT2D eigenvalue weighted by Gasteiger charge is 2.29. The van der Waals surface area contributed by atoms with Crippen molar-refractivity contribution in [1.29, 1.82) is 5.41 Å². The number of hydrogen-bond donors (Lipinski definition) is 2. The van der Waals surface area contributed by atoms with Crippen LogP contribution >= 0.6 is 0 Å². The number of imidazole rings is 1. The van der Waals surface area contributed by atoms with Crippen molar-refractivity contribution in [3.05, 3.63) is 76.5 Å². The summed E-state index contributed by atoms with van der Waals surface area (Å²) in [6.45, 7) is 14.4. The average molecular weight is 547 g/mol. The van der Waals surface area contributed by atoms with Crippen molar-refractivity contribution < 1.29 is 9.18 Å². The van der Waals surface area contributed by atoms with E-state index in [9.17, 15) is 9.18 Å². The molecule has 0 radical (unpaired) electrons. The van der Waals surface area contributed by atoms with Gasteiger partial charge in [-0.1, -0.05) is 53.2 Å². The maximum atomic E-state index is 13.9. The third kappa shape index (κ3) is 7.26. The Morgan fingerprint density at radius 2 is 1.90 bits per heavy atom. The third-order valence-electron chi connectivity index (χ3n) is 8.21. The first-order chi connectivity index (χ1) is 19.3. The van der Waals surface area contributed by atoms with Crippen molar-refractivity contribution in [2.24, 2.45) is 5.92 Å². The number of carbonyl (C=O) groups excluding carboxylic acids is 1. The molecule has 0 bridgehead atoms. The minimum Gasteiger partial charge on any atom is -0.349 e. The van der Waals surface area contributed by atoms with E-state index < -0.39 is 5.82 Å². The first-order valence-electron chi connectivity index (χ1n) is 15.0. The summed E-state index contributed by atoms with van der Waals surface area (Å²) < 4.78 is 16.2. The highest BCUT2D eigenvalue weighted by molar-refractivity contribution is 6.09. The molecule has 40 heavy (non-hydrogen) atoms. The number of pyridine rings is 1. The maximum absolute atomic E-state index is 13.9. The number of nitrogens with zero attached hydrogens (tertiary/aromatic N) is 2. The number of benzene rings is 1. The Hall–Kier alpha value is -3.28. The zero-order chi connectivity index (χ0) is 29.4. The smallest absolute Gasteiger partial charge is 0.254 e. The summed E-state index contributed by atoms with van der Waals surface area (Å²) in [6.07, 6.45) is 14.5. The number of fused-ring (bicyclic) bond motifs is 1. The molecule has 1 atom stereocenters. The average Bonchev–Trinajstić information content (AvgIpc) is 3.66. The number of hydrogen-bond acceptors (Lipinski definition) is 3.